The minimum absolute atomic E-state index is 0.184. The molecule has 0 spiro atoms. The summed E-state index contributed by atoms with van der Waals surface area (Å²) in [5.74, 6) is 0.144. The van der Waals surface area contributed by atoms with Crippen molar-refractivity contribution in [1.29, 1.82) is 5.26 Å². The summed E-state index contributed by atoms with van der Waals surface area (Å²) in [6.45, 7) is 0.939. The lowest BCUT2D eigenvalue weighted by atomic mass is 9.92. The van der Waals surface area contributed by atoms with Crippen LogP contribution in [0.5, 0.6) is 5.75 Å². The molecule has 0 aromatic heterocycles. The number of fused-ring (bicyclic) bond motifs is 1. The lowest BCUT2D eigenvalue weighted by molar-refractivity contribution is -0.134. The average molecular weight is 440 g/mol. The van der Waals surface area contributed by atoms with Crippen LogP contribution in [0.1, 0.15) is 29.5 Å². The Morgan fingerprint density at radius 1 is 1.00 bits per heavy atom. The van der Waals surface area contributed by atoms with Gasteiger partial charge >= 0.3 is 0 Å². The molecule has 1 fully saturated rings. The van der Waals surface area contributed by atoms with Gasteiger partial charge in [0.2, 0.25) is 10.0 Å². The lowest BCUT2D eigenvalue weighted by Gasteiger charge is -2.34. The Morgan fingerprint density at radius 3 is 2.45 bits per heavy atom. The molecular weight excluding hydrogens is 414 g/mol. The van der Waals surface area contributed by atoms with Gasteiger partial charge in [-0.3, -0.25) is 4.79 Å². The van der Waals surface area contributed by atoms with Crippen molar-refractivity contribution in [3.8, 4) is 11.8 Å². The fourth-order valence-electron chi connectivity index (χ4n) is 4.11. The molecule has 2 aromatic rings. The van der Waals surface area contributed by atoms with E-state index in [-0.39, 0.29) is 25.6 Å². The predicted molar refractivity (Wildman–Crippen MR) is 115 cm³/mol. The smallest absolute Gasteiger partial charge is 0.260 e. The summed E-state index contributed by atoms with van der Waals surface area (Å²) in [7, 11) is -3.58. The Bertz CT molecular complexity index is 1120. The van der Waals surface area contributed by atoms with Gasteiger partial charge in [-0.2, -0.15) is 9.57 Å². The van der Waals surface area contributed by atoms with Crippen LogP contribution in [-0.2, 0) is 27.7 Å². The quantitative estimate of drug-likeness (QED) is 0.713. The first-order valence-electron chi connectivity index (χ1n) is 10.5. The summed E-state index contributed by atoms with van der Waals surface area (Å²) < 4.78 is 33.2. The summed E-state index contributed by atoms with van der Waals surface area (Å²) >= 11 is 0. The third-order valence-electron chi connectivity index (χ3n) is 5.91. The Labute approximate surface area is 182 Å². The van der Waals surface area contributed by atoms with Crippen molar-refractivity contribution >= 4 is 15.9 Å². The van der Waals surface area contributed by atoms with E-state index in [4.69, 9.17) is 10.00 Å². The summed E-state index contributed by atoms with van der Waals surface area (Å²) in [6.07, 6.45) is 4.19. The van der Waals surface area contributed by atoms with Crippen LogP contribution in [0.15, 0.2) is 47.4 Å². The summed E-state index contributed by atoms with van der Waals surface area (Å²) in [4.78, 5) is 14.5. The molecule has 1 amide bonds. The van der Waals surface area contributed by atoms with Crippen molar-refractivity contribution in [3.05, 3.63) is 59.2 Å². The number of nitriles is 1. The van der Waals surface area contributed by atoms with Gasteiger partial charge in [-0.05, 0) is 61.1 Å². The molecule has 0 N–H and O–H groups in total. The van der Waals surface area contributed by atoms with Gasteiger partial charge < -0.3 is 9.64 Å². The number of rotatable bonds is 5. The van der Waals surface area contributed by atoms with E-state index in [9.17, 15) is 13.2 Å². The largest absolute Gasteiger partial charge is 0.482 e. The van der Waals surface area contributed by atoms with Gasteiger partial charge in [0, 0.05) is 26.2 Å². The van der Waals surface area contributed by atoms with Crippen LogP contribution in [-0.4, -0.2) is 56.3 Å². The van der Waals surface area contributed by atoms with Crippen LogP contribution in [0.3, 0.4) is 0 Å². The maximum Gasteiger partial charge on any atom is 0.260 e. The number of sulfonamides is 1. The SMILES string of the molecule is N#Cc1ccccc1OCC(=O)N1CCN(S(=O)(=O)c2ccc3c(c2)CCCC3)CC1. The first kappa shape index (κ1) is 21.3. The highest BCUT2D eigenvalue weighted by atomic mass is 32.2. The second kappa shape index (κ2) is 9.08. The standard InChI is InChI=1S/C23H25N3O4S/c24-16-20-7-3-4-8-22(20)30-17-23(27)25-11-13-26(14-12-25)31(28,29)21-10-9-18-5-1-2-6-19(18)15-21/h3-4,7-10,15H,1-2,5-6,11-14,17H2. The molecule has 7 nitrogen and oxygen atoms in total. The van der Waals surface area contributed by atoms with Gasteiger partial charge in [0.1, 0.15) is 11.8 Å². The number of piperazine rings is 1. The molecule has 0 radical (unpaired) electrons. The van der Waals surface area contributed by atoms with Crippen molar-refractivity contribution in [3.63, 3.8) is 0 Å². The number of nitrogens with zero attached hydrogens (tertiary/aromatic N) is 3. The lowest BCUT2D eigenvalue weighted by Crippen LogP contribution is -2.51. The summed E-state index contributed by atoms with van der Waals surface area (Å²) in [6, 6.07) is 14.3. The van der Waals surface area contributed by atoms with Crippen LogP contribution in [0.2, 0.25) is 0 Å². The van der Waals surface area contributed by atoms with Crippen molar-refractivity contribution in [2.24, 2.45) is 0 Å². The molecule has 0 unspecified atom stereocenters. The Hall–Kier alpha value is -2.89. The molecule has 0 bridgehead atoms. The van der Waals surface area contributed by atoms with E-state index in [0.717, 1.165) is 31.2 Å². The van der Waals surface area contributed by atoms with E-state index in [0.29, 0.717) is 29.3 Å². The highest BCUT2D eigenvalue weighted by Gasteiger charge is 2.30. The van der Waals surface area contributed by atoms with Crippen molar-refractivity contribution < 1.29 is 17.9 Å². The maximum absolute atomic E-state index is 13.1. The first-order chi connectivity index (χ1) is 15.0. The van der Waals surface area contributed by atoms with E-state index >= 15 is 0 Å². The zero-order valence-corrected chi connectivity index (χ0v) is 18.1. The molecule has 2 aromatic carbocycles. The Morgan fingerprint density at radius 2 is 1.71 bits per heavy atom. The molecular formula is C23H25N3O4S. The number of benzene rings is 2. The molecule has 2 aliphatic rings. The minimum Gasteiger partial charge on any atom is -0.482 e. The van der Waals surface area contributed by atoms with Crippen molar-refractivity contribution in [1.82, 2.24) is 9.21 Å². The van der Waals surface area contributed by atoms with E-state index in [2.05, 4.69) is 0 Å². The molecule has 4 rings (SSSR count). The minimum atomic E-state index is -3.58. The number of aryl methyl sites for hydroxylation is 2. The fourth-order valence-corrected chi connectivity index (χ4v) is 5.59. The number of para-hydroxylation sites is 1. The number of carbonyl (C=O) groups is 1. The molecule has 1 aliphatic heterocycles. The van der Waals surface area contributed by atoms with E-state index in [1.165, 1.54) is 9.87 Å². The topological polar surface area (TPSA) is 90.7 Å². The number of hydrogen-bond acceptors (Lipinski definition) is 5. The molecule has 162 valence electrons. The number of ether oxygens (including phenoxy) is 1. The predicted octanol–water partition coefficient (Wildman–Crippen LogP) is 2.35. The zero-order chi connectivity index (χ0) is 21.8. The maximum atomic E-state index is 13.1. The monoisotopic (exact) mass is 439 g/mol. The molecule has 31 heavy (non-hydrogen) atoms. The van der Waals surface area contributed by atoms with Gasteiger partial charge in [-0.15, -0.1) is 0 Å². The first-order valence-corrected chi connectivity index (χ1v) is 11.9. The third-order valence-corrected chi connectivity index (χ3v) is 7.80. The van der Waals surface area contributed by atoms with Gasteiger partial charge in [0.05, 0.1) is 10.5 Å². The van der Waals surface area contributed by atoms with Gasteiger partial charge in [-0.1, -0.05) is 18.2 Å². The third kappa shape index (κ3) is 4.58. The van der Waals surface area contributed by atoms with Crippen LogP contribution in [0, 0.1) is 11.3 Å². The van der Waals surface area contributed by atoms with E-state index in [1.807, 2.05) is 18.2 Å². The van der Waals surface area contributed by atoms with E-state index < -0.39 is 10.0 Å². The fraction of sp³-hybridized carbons (Fsp3) is 0.391. The van der Waals surface area contributed by atoms with Gasteiger partial charge in [0.25, 0.3) is 5.91 Å². The zero-order valence-electron chi connectivity index (χ0n) is 17.3. The molecule has 0 saturated carbocycles. The van der Waals surface area contributed by atoms with Gasteiger partial charge in [-0.25, -0.2) is 8.42 Å². The molecule has 1 aliphatic carbocycles. The second-order valence-corrected chi connectivity index (χ2v) is 9.76. The molecule has 8 heteroatoms. The van der Waals surface area contributed by atoms with Crippen LogP contribution in [0.25, 0.3) is 0 Å². The second-order valence-electron chi connectivity index (χ2n) is 7.82. The van der Waals surface area contributed by atoms with E-state index in [1.54, 1.807) is 35.2 Å². The van der Waals surface area contributed by atoms with Crippen LogP contribution in [0.4, 0.5) is 0 Å². The highest BCUT2D eigenvalue weighted by molar-refractivity contribution is 7.89. The van der Waals surface area contributed by atoms with Crippen molar-refractivity contribution in [2.45, 2.75) is 30.6 Å². The average Bonchev–Trinajstić information content (AvgIpc) is 2.82. The molecule has 1 saturated heterocycles. The van der Waals surface area contributed by atoms with Crippen LogP contribution < -0.4 is 4.74 Å². The Balaban J connectivity index is 1.35. The highest BCUT2D eigenvalue weighted by Crippen LogP contribution is 2.26. The van der Waals surface area contributed by atoms with Crippen molar-refractivity contribution in [2.75, 3.05) is 32.8 Å². The normalized spacial score (nSPS) is 16.9. The molecule has 1 heterocycles. The summed E-state index contributed by atoms with van der Waals surface area (Å²) in [5.41, 5.74) is 2.76. The summed E-state index contributed by atoms with van der Waals surface area (Å²) in [5, 5.41) is 9.11. The Kier molecular flexibility index (Phi) is 6.25. The number of amides is 1. The number of carbonyl (C=O) groups excluding carboxylic acids is 1. The number of hydrogen-bond donors (Lipinski definition) is 0. The van der Waals surface area contributed by atoms with Crippen LogP contribution >= 0.6 is 0 Å². The van der Waals surface area contributed by atoms with Gasteiger partial charge in [0.15, 0.2) is 6.61 Å². The molecule has 0 atom stereocenters.